The fraction of sp³-hybridized carbons (Fsp3) is 0.464. The van der Waals surface area contributed by atoms with Gasteiger partial charge in [-0.05, 0) is 56.4 Å². The number of hydrogen-bond donors (Lipinski definition) is 6. The van der Waals surface area contributed by atoms with E-state index >= 15 is 0 Å². The van der Waals surface area contributed by atoms with Crippen molar-refractivity contribution in [1.29, 1.82) is 0 Å². The quantitative estimate of drug-likeness (QED) is 0.0911. The van der Waals surface area contributed by atoms with Crippen LogP contribution in [0.1, 0.15) is 63.9 Å². The number of rotatable bonds is 20. The van der Waals surface area contributed by atoms with Gasteiger partial charge in [-0.2, -0.15) is 0 Å². The van der Waals surface area contributed by atoms with Crippen molar-refractivity contribution < 1.29 is 48.2 Å². The Kier molecular flexibility index (Phi) is 16.2. The molecule has 0 radical (unpaired) electrons. The lowest BCUT2D eigenvalue weighted by Gasteiger charge is -2.18. The Morgan fingerprint density at radius 3 is 2.28 bits per heavy atom. The van der Waals surface area contributed by atoms with E-state index in [1.54, 1.807) is 0 Å². The van der Waals surface area contributed by atoms with Crippen molar-refractivity contribution in [1.82, 2.24) is 16.0 Å². The molecule has 236 valence electrons. The molecular formula is C28H36ClFN4O9. The first-order chi connectivity index (χ1) is 20.2. The number of carboxylic acids is 2. The number of benzene rings is 1. The van der Waals surface area contributed by atoms with Gasteiger partial charge in [0, 0.05) is 37.8 Å². The second-order valence-electron chi connectivity index (χ2n) is 9.74. The molecule has 3 atom stereocenters. The minimum absolute atomic E-state index is 0.0584. The highest BCUT2D eigenvalue weighted by atomic mass is 35.5. The van der Waals surface area contributed by atoms with E-state index in [4.69, 9.17) is 22.4 Å². The van der Waals surface area contributed by atoms with Crippen molar-refractivity contribution in [2.45, 2.75) is 70.4 Å². The highest BCUT2D eigenvalue weighted by Crippen LogP contribution is 2.18. The topological polar surface area (TPSA) is 222 Å². The number of carboxylic acid groups (broad SMARTS) is 2. The van der Waals surface area contributed by atoms with Crippen molar-refractivity contribution in [2.75, 3.05) is 6.54 Å². The molecule has 0 bridgehead atoms. The van der Waals surface area contributed by atoms with Gasteiger partial charge in [-0.25, -0.2) is 9.18 Å². The summed E-state index contributed by atoms with van der Waals surface area (Å²) in [6, 6.07) is 1.39. The highest BCUT2D eigenvalue weighted by Gasteiger charge is 2.25. The van der Waals surface area contributed by atoms with Gasteiger partial charge in [0.05, 0.1) is 17.5 Å². The van der Waals surface area contributed by atoms with Crippen molar-refractivity contribution in [3.8, 4) is 0 Å². The van der Waals surface area contributed by atoms with E-state index in [1.807, 2.05) is 0 Å². The molecule has 7 N–H and O–H groups in total. The lowest BCUT2D eigenvalue weighted by atomic mass is 9.93. The maximum absolute atomic E-state index is 13.2. The molecule has 0 saturated carbocycles. The lowest BCUT2D eigenvalue weighted by Crippen LogP contribution is -2.42. The Morgan fingerprint density at radius 1 is 0.977 bits per heavy atom. The molecule has 0 fully saturated rings. The molecule has 13 nitrogen and oxygen atoms in total. The molecule has 15 heteroatoms. The fourth-order valence-electron chi connectivity index (χ4n) is 3.75. The molecule has 1 rings (SSSR count). The average molecular weight is 627 g/mol. The van der Waals surface area contributed by atoms with Crippen LogP contribution in [0.15, 0.2) is 24.3 Å². The smallest absolute Gasteiger partial charge is 0.326 e. The van der Waals surface area contributed by atoms with Crippen LogP contribution in [0.25, 0.3) is 6.08 Å². The molecule has 0 saturated heterocycles. The van der Waals surface area contributed by atoms with Gasteiger partial charge in [-0.3, -0.25) is 28.8 Å². The zero-order chi connectivity index (χ0) is 32.5. The van der Waals surface area contributed by atoms with E-state index in [0.29, 0.717) is 18.4 Å². The average Bonchev–Trinajstić information content (AvgIpc) is 2.92. The SMILES string of the molecule is C[C@H](NC(=O)/C=C/c1ccc(F)cc1Cl)C(=O)C[C@H](CCC(=O)N[C@@H](CCCCNC(=O)CCC(=O)O)C(=O)O)C(N)=O. The number of primary amides is 1. The van der Waals surface area contributed by atoms with Crippen LogP contribution in [-0.4, -0.2) is 70.2 Å². The molecule has 0 unspecified atom stereocenters. The zero-order valence-corrected chi connectivity index (χ0v) is 24.3. The first-order valence-corrected chi connectivity index (χ1v) is 13.8. The molecule has 4 amide bonds. The predicted molar refractivity (Wildman–Crippen MR) is 153 cm³/mol. The maximum atomic E-state index is 13.2. The fourth-order valence-corrected chi connectivity index (χ4v) is 3.98. The molecule has 0 aromatic heterocycles. The standard InChI is InChI=1S/C28H36ClFN4O9/c1-16(33-24(37)9-6-17-5-8-19(30)15-20(17)29)22(35)14-18(27(31)41)7-10-25(38)34-21(28(42)43)4-2-3-13-32-23(36)11-12-26(39)40/h5-6,8-9,15-16,18,21H,2-4,7,10-14H2,1H3,(H2,31,41)(H,32,36)(H,33,37)(H,34,38)(H,39,40)(H,42,43)/b9-6+/t16-,18-,21-/m0/s1. The summed E-state index contributed by atoms with van der Waals surface area (Å²) in [6.45, 7) is 1.62. The van der Waals surface area contributed by atoms with Crippen LogP contribution >= 0.6 is 11.6 Å². The molecule has 0 aliphatic rings. The number of aliphatic carboxylic acids is 2. The lowest BCUT2D eigenvalue weighted by molar-refractivity contribution is -0.142. The van der Waals surface area contributed by atoms with Crippen LogP contribution in [0.4, 0.5) is 4.39 Å². The Balaban J connectivity index is 2.51. The third kappa shape index (κ3) is 15.5. The van der Waals surface area contributed by atoms with E-state index in [9.17, 15) is 43.1 Å². The van der Waals surface area contributed by atoms with Crippen LogP contribution in [0, 0.1) is 11.7 Å². The first kappa shape index (κ1) is 36.7. The normalized spacial score (nSPS) is 13.0. The summed E-state index contributed by atoms with van der Waals surface area (Å²) in [5, 5.41) is 25.4. The summed E-state index contributed by atoms with van der Waals surface area (Å²) in [4.78, 5) is 82.6. The number of amides is 4. The van der Waals surface area contributed by atoms with E-state index in [0.717, 1.165) is 12.1 Å². The highest BCUT2D eigenvalue weighted by molar-refractivity contribution is 6.32. The number of halogens is 2. The minimum Gasteiger partial charge on any atom is -0.481 e. The van der Waals surface area contributed by atoms with Gasteiger partial charge in [0.1, 0.15) is 11.9 Å². The van der Waals surface area contributed by atoms with E-state index in [1.165, 1.54) is 25.1 Å². The zero-order valence-electron chi connectivity index (χ0n) is 23.6. The van der Waals surface area contributed by atoms with Gasteiger partial charge in [-0.15, -0.1) is 0 Å². The number of ketones is 1. The Hall–Kier alpha value is -4.33. The molecular weight excluding hydrogens is 591 g/mol. The van der Waals surface area contributed by atoms with Gasteiger partial charge in [0.15, 0.2) is 5.78 Å². The Morgan fingerprint density at radius 2 is 1.67 bits per heavy atom. The predicted octanol–water partition coefficient (Wildman–Crippen LogP) is 1.56. The number of hydrogen-bond acceptors (Lipinski definition) is 7. The van der Waals surface area contributed by atoms with Gasteiger partial charge >= 0.3 is 11.9 Å². The van der Waals surface area contributed by atoms with Crippen LogP contribution in [0.2, 0.25) is 5.02 Å². The van der Waals surface area contributed by atoms with E-state index in [-0.39, 0.29) is 50.1 Å². The monoisotopic (exact) mass is 626 g/mol. The van der Waals surface area contributed by atoms with Gasteiger partial charge in [0.2, 0.25) is 23.6 Å². The molecule has 1 aromatic carbocycles. The van der Waals surface area contributed by atoms with Crippen molar-refractivity contribution in [3.63, 3.8) is 0 Å². The Bertz CT molecular complexity index is 1220. The third-order valence-electron chi connectivity index (χ3n) is 6.23. The van der Waals surface area contributed by atoms with E-state index in [2.05, 4.69) is 16.0 Å². The molecule has 0 spiro atoms. The second kappa shape index (κ2) is 19.0. The molecule has 43 heavy (non-hydrogen) atoms. The van der Waals surface area contributed by atoms with Gasteiger partial charge in [0.25, 0.3) is 0 Å². The second-order valence-corrected chi connectivity index (χ2v) is 10.1. The number of unbranched alkanes of at least 4 members (excludes halogenated alkanes) is 1. The summed E-state index contributed by atoms with van der Waals surface area (Å²) in [5.41, 5.74) is 5.78. The van der Waals surface area contributed by atoms with E-state index < -0.39 is 65.2 Å². The third-order valence-corrected chi connectivity index (χ3v) is 6.56. The number of carbonyl (C=O) groups excluding carboxylic acids is 5. The van der Waals surface area contributed by atoms with Crippen LogP contribution < -0.4 is 21.7 Å². The molecule has 0 aliphatic heterocycles. The molecule has 0 heterocycles. The van der Waals surface area contributed by atoms with Crippen molar-refractivity contribution >= 4 is 59.0 Å². The summed E-state index contributed by atoms with van der Waals surface area (Å²) >= 11 is 5.91. The van der Waals surface area contributed by atoms with Crippen LogP contribution in [-0.2, 0) is 33.6 Å². The number of nitrogens with one attached hydrogen (secondary N) is 3. The number of nitrogens with two attached hydrogens (primary N) is 1. The molecule has 0 aliphatic carbocycles. The van der Waals surface area contributed by atoms with Crippen molar-refractivity contribution in [3.05, 3.63) is 40.7 Å². The van der Waals surface area contributed by atoms with Gasteiger partial charge < -0.3 is 31.9 Å². The van der Waals surface area contributed by atoms with Gasteiger partial charge in [-0.1, -0.05) is 17.7 Å². The summed E-state index contributed by atoms with van der Waals surface area (Å²) in [6.07, 6.45) is 1.99. The molecule has 1 aromatic rings. The van der Waals surface area contributed by atoms with Crippen molar-refractivity contribution in [2.24, 2.45) is 11.7 Å². The summed E-state index contributed by atoms with van der Waals surface area (Å²) in [7, 11) is 0. The minimum atomic E-state index is -1.28. The summed E-state index contributed by atoms with van der Waals surface area (Å²) in [5.74, 6) is -7.07. The largest absolute Gasteiger partial charge is 0.481 e. The summed E-state index contributed by atoms with van der Waals surface area (Å²) < 4.78 is 13.2. The number of Topliss-reactive ketones (excluding diaryl/α,β-unsaturated/α-hetero) is 1. The Labute approximate surface area is 252 Å². The van der Waals surface area contributed by atoms with Crippen LogP contribution in [0.3, 0.4) is 0 Å². The first-order valence-electron chi connectivity index (χ1n) is 13.5. The maximum Gasteiger partial charge on any atom is 0.326 e. The number of carbonyl (C=O) groups is 7. The van der Waals surface area contributed by atoms with Crippen LogP contribution in [0.5, 0.6) is 0 Å².